The van der Waals surface area contributed by atoms with Crippen LogP contribution in [0.25, 0.3) is 0 Å². The number of hydrogen-bond acceptors (Lipinski definition) is 3. The Kier molecular flexibility index (Phi) is 5.23. The molecule has 0 aromatic heterocycles. The van der Waals surface area contributed by atoms with Crippen molar-refractivity contribution >= 4 is 18.5 Å². The van der Waals surface area contributed by atoms with Crippen LogP contribution in [0.2, 0.25) is 0 Å². The SMILES string of the molecule is CC[C@@H](CO)NC(=O)C(C)(C)c1ccc(S)cc1. The molecular formula is C14H21NO2S. The van der Waals surface area contributed by atoms with Gasteiger partial charge in [-0.15, -0.1) is 12.6 Å². The van der Waals surface area contributed by atoms with Gasteiger partial charge in [0.15, 0.2) is 0 Å². The molecule has 0 radical (unpaired) electrons. The van der Waals surface area contributed by atoms with Crippen molar-refractivity contribution in [2.45, 2.75) is 43.5 Å². The van der Waals surface area contributed by atoms with Gasteiger partial charge < -0.3 is 10.4 Å². The summed E-state index contributed by atoms with van der Waals surface area (Å²) in [6.45, 7) is 5.65. The highest BCUT2D eigenvalue weighted by atomic mass is 32.1. The Labute approximate surface area is 114 Å². The van der Waals surface area contributed by atoms with Crippen LogP contribution >= 0.6 is 12.6 Å². The number of amides is 1. The van der Waals surface area contributed by atoms with E-state index in [0.717, 1.165) is 10.5 Å². The van der Waals surface area contributed by atoms with Gasteiger partial charge in [-0.05, 0) is 38.0 Å². The van der Waals surface area contributed by atoms with E-state index >= 15 is 0 Å². The molecule has 0 spiro atoms. The van der Waals surface area contributed by atoms with E-state index in [0.29, 0.717) is 6.42 Å². The summed E-state index contributed by atoms with van der Waals surface area (Å²) in [6, 6.07) is 7.37. The monoisotopic (exact) mass is 267 g/mol. The highest BCUT2D eigenvalue weighted by Crippen LogP contribution is 2.24. The van der Waals surface area contributed by atoms with Crippen LogP contribution in [0.1, 0.15) is 32.8 Å². The fraction of sp³-hybridized carbons (Fsp3) is 0.500. The summed E-state index contributed by atoms with van der Waals surface area (Å²) in [7, 11) is 0. The van der Waals surface area contributed by atoms with Crippen molar-refractivity contribution in [1.29, 1.82) is 0 Å². The third-order valence-corrected chi connectivity index (χ3v) is 3.50. The molecule has 2 N–H and O–H groups in total. The predicted molar refractivity (Wildman–Crippen MR) is 76.0 cm³/mol. The van der Waals surface area contributed by atoms with E-state index < -0.39 is 5.41 Å². The molecule has 3 nitrogen and oxygen atoms in total. The van der Waals surface area contributed by atoms with Crippen molar-refractivity contribution in [2.24, 2.45) is 0 Å². The smallest absolute Gasteiger partial charge is 0.230 e. The van der Waals surface area contributed by atoms with E-state index in [1.807, 2.05) is 45.0 Å². The second kappa shape index (κ2) is 6.25. The standard InChI is InChI=1S/C14H21NO2S/c1-4-11(9-16)15-13(17)14(2,3)10-5-7-12(18)8-6-10/h5-8,11,16,18H,4,9H2,1-3H3,(H,15,17)/t11-/m0/s1. The quantitative estimate of drug-likeness (QED) is 0.716. The zero-order valence-corrected chi connectivity index (χ0v) is 12.0. The summed E-state index contributed by atoms with van der Waals surface area (Å²) in [6.07, 6.45) is 0.716. The summed E-state index contributed by atoms with van der Waals surface area (Å²) >= 11 is 4.23. The van der Waals surface area contributed by atoms with Crippen LogP contribution in [0.5, 0.6) is 0 Å². The van der Waals surface area contributed by atoms with E-state index in [2.05, 4.69) is 17.9 Å². The molecule has 100 valence electrons. The van der Waals surface area contributed by atoms with Crippen LogP contribution in [0.3, 0.4) is 0 Å². The molecule has 1 amide bonds. The van der Waals surface area contributed by atoms with E-state index in [1.54, 1.807) is 0 Å². The van der Waals surface area contributed by atoms with Gasteiger partial charge in [-0.3, -0.25) is 4.79 Å². The van der Waals surface area contributed by atoms with Crippen LogP contribution in [0.15, 0.2) is 29.2 Å². The number of carbonyl (C=O) groups is 1. The molecule has 0 aliphatic heterocycles. The molecule has 0 saturated carbocycles. The number of thiol groups is 1. The summed E-state index contributed by atoms with van der Waals surface area (Å²) in [5, 5.41) is 12.0. The lowest BCUT2D eigenvalue weighted by atomic mass is 9.83. The number of benzene rings is 1. The second-order valence-corrected chi connectivity index (χ2v) is 5.45. The molecule has 4 heteroatoms. The lowest BCUT2D eigenvalue weighted by Gasteiger charge is -2.27. The molecule has 1 rings (SSSR count). The first-order valence-corrected chi connectivity index (χ1v) is 6.57. The fourth-order valence-electron chi connectivity index (χ4n) is 1.65. The number of hydrogen-bond donors (Lipinski definition) is 3. The molecule has 1 aromatic rings. The Bertz CT molecular complexity index is 397. The summed E-state index contributed by atoms with van der Waals surface area (Å²) < 4.78 is 0. The maximum absolute atomic E-state index is 12.2. The van der Waals surface area contributed by atoms with Crippen LogP contribution < -0.4 is 5.32 Å². The molecule has 0 unspecified atom stereocenters. The lowest BCUT2D eigenvalue weighted by molar-refractivity contribution is -0.126. The van der Waals surface area contributed by atoms with Gasteiger partial charge in [-0.1, -0.05) is 19.1 Å². The van der Waals surface area contributed by atoms with E-state index in [-0.39, 0.29) is 18.6 Å². The number of rotatable bonds is 5. The maximum atomic E-state index is 12.2. The van der Waals surface area contributed by atoms with Crippen LogP contribution in [0, 0.1) is 0 Å². The topological polar surface area (TPSA) is 49.3 Å². The molecule has 0 bridgehead atoms. The average Bonchev–Trinajstić information content (AvgIpc) is 2.36. The Morgan fingerprint density at radius 2 is 1.94 bits per heavy atom. The van der Waals surface area contributed by atoms with Crippen LogP contribution in [-0.4, -0.2) is 23.7 Å². The van der Waals surface area contributed by atoms with Crippen molar-refractivity contribution in [3.8, 4) is 0 Å². The molecule has 0 aliphatic rings. The van der Waals surface area contributed by atoms with Gasteiger partial charge in [0.1, 0.15) is 0 Å². The third-order valence-electron chi connectivity index (χ3n) is 3.21. The van der Waals surface area contributed by atoms with Crippen molar-refractivity contribution < 1.29 is 9.90 Å². The molecule has 0 aliphatic carbocycles. The highest BCUT2D eigenvalue weighted by molar-refractivity contribution is 7.80. The van der Waals surface area contributed by atoms with Gasteiger partial charge in [-0.25, -0.2) is 0 Å². The number of nitrogens with one attached hydrogen (secondary N) is 1. The summed E-state index contributed by atoms with van der Waals surface area (Å²) in [5.41, 5.74) is 0.315. The van der Waals surface area contributed by atoms with Crippen molar-refractivity contribution in [3.05, 3.63) is 29.8 Å². The first-order chi connectivity index (χ1) is 8.41. The van der Waals surface area contributed by atoms with Gasteiger partial charge in [0.05, 0.1) is 18.1 Å². The van der Waals surface area contributed by atoms with Gasteiger partial charge in [-0.2, -0.15) is 0 Å². The van der Waals surface area contributed by atoms with Gasteiger partial charge in [0.2, 0.25) is 5.91 Å². The molecule has 0 heterocycles. The maximum Gasteiger partial charge on any atom is 0.230 e. The largest absolute Gasteiger partial charge is 0.394 e. The average molecular weight is 267 g/mol. The summed E-state index contributed by atoms with van der Waals surface area (Å²) in [4.78, 5) is 13.1. The Hall–Kier alpha value is -1.00. The van der Waals surface area contributed by atoms with Crippen molar-refractivity contribution in [3.63, 3.8) is 0 Å². The first kappa shape index (κ1) is 15.1. The molecule has 18 heavy (non-hydrogen) atoms. The lowest BCUT2D eigenvalue weighted by Crippen LogP contribution is -2.46. The minimum atomic E-state index is -0.621. The fourth-order valence-corrected chi connectivity index (χ4v) is 1.80. The van der Waals surface area contributed by atoms with Crippen molar-refractivity contribution in [2.75, 3.05) is 6.61 Å². The molecule has 0 fully saturated rings. The molecule has 1 aromatic carbocycles. The minimum absolute atomic E-state index is 0.0338. The van der Waals surface area contributed by atoms with Gasteiger partial charge in [0, 0.05) is 4.90 Å². The van der Waals surface area contributed by atoms with E-state index in [9.17, 15) is 4.79 Å². The van der Waals surface area contributed by atoms with Crippen LogP contribution in [0.4, 0.5) is 0 Å². The zero-order valence-electron chi connectivity index (χ0n) is 11.1. The number of aliphatic hydroxyl groups excluding tert-OH is 1. The Balaban J connectivity index is 2.85. The first-order valence-electron chi connectivity index (χ1n) is 6.13. The molecular weight excluding hydrogens is 246 g/mol. The number of aliphatic hydroxyl groups is 1. The zero-order chi connectivity index (χ0) is 13.8. The van der Waals surface area contributed by atoms with E-state index in [1.165, 1.54) is 0 Å². The number of carbonyl (C=O) groups excluding carboxylic acids is 1. The predicted octanol–water partition coefficient (Wildman–Crippen LogP) is 2.14. The van der Waals surface area contributed by atoms with Crippen LogP contribution in [-0.2, 0) is 10.2 Å². The second-order valence-electron chi connectivity index (χ2n) is 4.93. The summed E-state index contributed by atoms with van der Waals surface area (Å²) in [5.74, 6) is -0.0738. The van der Waals surface area contributed by atoms with E-state index in [4.69, 9.17) is 5.11 Å². The normalized spacial score (nSPS) is 13.2. The van der Waals surface area contributed by atoms with Gasteiger partial charge >= 0.3 is 0 Å². The minimum Gasteiger partial charge on any atom is -0.394 e. The van der Waals surface area contributed by atoms with Gasteiger partial charge in [0.25, 0.3) is 0 Å². The highest BCUT2D eigenvalue weighted by Gasteiger charge is 2.30. The molecule has 1 atom stereocenters. The third kappa shape index (κ3) is 3.50. The Morgan fingerprint density at radius 3 is 2.39 bits per heavy atom. The molecule has 0 saturated heterocycles. The van der Waals surface area contributed by atoms with Crippen molar-refractivity contribution in [1.82, 2.24) is 5.32 Å². The Morgan fingerprint density at radius 1 is 1.39 bits per heavy atom.